The Hall–Kier alpha value is -3.39. The topological polar surface area (TPSA) is 88.4 Å². The Kier molecular flexibility index (Phi) is 3.40. The van der Waals surface area contributed by atoms with Crippen LogP contribution < -0.4 is 4.90 Å². The number of cyclic esters (lactones) is 1. The monoisotopic (exact) mass is 334 g/mol. The van der Waals surface area contributed by atoms with Gasteiger partial charge in [0.05, 0.1) is 19.3 Å². The summed E-state index contributed by atoms with van der Waals surface area (Å²) in [5.74, 6) is 0. The van der Waals surface area contributed by atoms with E-state index in [2.05, 4.69) is 15.2 Å². The zero-order valence-electron chi connectivity index (χ0n) is 13.3. The largest absolute Gasteiger partial charge is 0.442 e. The van der Waals surface area contributed by atoms with Gasteiger partial charge in [-0.2, -0.15) is 5.26 Å². The molecule has 8 nitrogen and oxygen atoms in total. The maximum atomic E-state index is 12.1. The smallest absolute Gasteiger partial charge is 0.414 e. The lowest BCUT2D eigenvalue weighted by Gasteiger charge is -2.13. The number of hydrogen-bond donors (Lipinski definition) is 0. The van der Waals surface area contributed by atoms with Crippen LogP contribution in [0.2, 0.25) is 0 Å². The molecule has 1 atom stereocenters. The van der Waals surface area contributed by atoms with Crippen molar-refractivity contribution in [3.8, 4) is 6.07 Å². The minimum absolute atomic E-state index is 0.227. The number of carbonyl (C=O) groups excluding carboxylic acids is 1. The third kappa shape index (κ3) is 2.68. The maximum Gasteiger partial charge on any atom is 0.414 e. The van der Waals surface area contributed by atoms with Gasteiger partial charge < -0.3 is 9.58 Å². The van der Waals surface area contributed by atoms with Crippen molar-refractivity contribution in [2.24, 2.45) is 0 Å². The van der Waals surface area contributed by atoms with E-state index < -0.39 is 6.09 Å². The third-order valence-corrected chi connectivity index (χ3v) is 4.57. The van der Waals surface area contributed by atoms with Crippen molar-refractivity contribution in [1.29, 1.82) is 5.26 Å². The fourth-order valence-corrected chi connectivity index (χ4v) is 3.01. The van der Waals surface area contributed by atoms with E-state index in [1.165, 1.54) is 10.9 Å². The van der Waals surface area contributed by atoms with E-state index in [9.17, 15) is 4.79 Å². The molecule has 25 heavy (non-hydrogen) atoms. The summed E-state index contributed by atoms with van der Waals surface area (Å²) < 4.78 is 6.87. The van der Waals surface area contributed by atoms with Crippen LogP contribution in [-0.2, 0) is 16.8 Å². The summed E-state index contributed by atoms with van der Waals surface area (Å²) in [6.07, 6.45) is 2.53. The molecule has 1 aliphatic heterocycles. The molecule has 0 radical (unpaired) electrons. The molecule has 1 aromatic carbocycles. The molecule has 4 rings (SSSR count). The Labute approximate surface area is 144 Å². The van der Waals surface area contributed by atoms with Crippen molar-refractivity contribution in [2.75, 3.05) is 11.4 Å². The Morgan fingerprint density at radius 1 is 1.40 bits per heavy atom. The first-order valence-electron chi connectivity index (χ1n) is 7.91. The molecular weight excluding hydrogens is 320 g/mol. The molecule has 2 aliphatic rings. The van der Waals surface area contributed by atoms with Crippen LogP contribution in [0, 0.1) is 17.9 Å². The predicted molar refractivity (Wildman–Crippen MR) is 86.3 cm³/mol. The molecule has 124 valence electrons. The van der Waals surface area contributed by atoms with Crippen LogP contribution in [0.3, 0.4) is 0 Å². The highest BCUT2D eigenvalue weighted by Gasteiger charge is 2.52. The van der Waals surface area contributed by atoms with Gasteiger partial charge in [0.15, 0.2) is 5.69 Å². The highest BCUT2D eigenvalue weighted by atomic mass is 16.6. The fourth-order valence-electron chi connectivity index (χ4n) is 3.01. The molecule has 1 aliphatic carbocycles. The number of anilines is 1. The fraction of sp³-hybridized carbons (Fsp3) is 0.353. The summed E-state index contributed by atoms with van der Waals surface area (Å²) in [5, 5.41) is 16.3. The molecule has 1 amide bonds. The molecule has 0 spiro atoms. The predicted octanol–water partition coefficient (Wildman–Crippen LogP) is 2.08. The second-order valence-electron chi connectivity index (χ2n) is 6.24. The Bertz CT molecular complexity index is 900. The SMILES string of the molecule is [C-]#[N+]C1(c2ccc(N3CC(Cn4cc(C#N)nn4)OC3=O)cc2)CC1. The molecule has 2 fully saturated rings. The highest BCUT2D eigenvalue weighted by Crippen LogP contribution is 2.49. The summed E-state index contributed by atoms with van der Waals surface area (Å²) in [4.78, 5) is 17.4. The minimum atomic E-state index is -0.412. The molecule has 1 saturated carbocycles. The van der Waals surface area contributed by atoms with E-state index in [1.54, 1.807) is 4.90 Å². The lowest BCUT2D eigenvalue weighted by atomic mass is 10.1. The van der Waals surface area contributed by atoms with E-state index in [0.717, 1.165) is 24.1 Å². The first-order valence-corrected chi connectivity index (χ1v) is 7.91. The van der Waals surface area contributed by atoms with Gasteiger partial charge in [-0.3, -0.25) is 4.90 Å². The van der Waals surface area contributed by atoms with Crippen LogP contribution in [0.15, 0.2) is 30.5 Å². The maximum absolute atomic E-state index is 12.1. The van der Waals surface area contributed by atoms with Crippen LogP contribution in [-0.4, -0.2) is 33.7 Å². The normalized spacial score (nSPS) is 20.6. The van der Waals surface area contributed by atoms with Gasteiger partial charge in [-0.15, -0.1) is 5.10 Å². The van der Waals surface area contributed by atoms with Gasteiger partial charge in [-0.25, -0.2) is 16.0 Å². The van der Waals surface area contributed by atoms with E-state index in [-0.39, 0.29) is 17.3 Å². The second kappa shape index (κ2) is 5.60. The average Bonchev–Trinajstić information content (AvgIpc) is 3.17. The molecule has 8 heteroatoms. The number of benzene rings is 1. The van der Waals surface area contributed by atoms with Crippen molar-refractivity contribution in [3.63, 3.8) is 0 Å². The summed E-state index contributed by atoms with van der Waals surface area (Å²) in [5.41, 5.74) is 1.62. The summed E-state index contributed by atoms with van der Waals surface area (Å²) >= 11 is 0. The number of amides is 1. The number of nitrogens with zero attached hydrogens (tertiary/aromatic N) is 6. The number of hydrogen-bond acceptors (Lipinski definition) is 5. The van der Waals surface area contributed by atoms with Crippen LogP contribution in [0.5, 0.6) is 0 Å². The van der Waals surface area contributed by atoms with Gasteiger partial charge in [-0.1, -0.05) is 5.21 Å². The zero-order chi connectivity index (χ0) is 17.4. The van der Waals surface area contributed by atoms with Crippen molar-refractivity contribution in [1.82, 2.24) is 15.0 Å². The van der Waals surface area contributed by atoms with Crippen LogP contribution in [0.25, 0.3) is 4.85 Å². The van der Waals surface area contributed by atoms with Crippen molar-refractivity contribution in [3.05, 3.63) is 53.1 Å². The number of rotatable bonds is 4. The minimum Gasteiger partial charge on any atom is -0.442 e. The molecule has 1 saturated heterocycles. The molecule has 0 bridgehead atoms. The molecular formula is C17H14N6O2. The van der Waals surface area contributed by atoms with Crippen molar-refractivity contribution < 1.29 is 9.53 Å². The average molecular weight is 334 g/mol. The Morgan fingerprint density at radius 3 is 2.76 bits per heavy atom. The summed E-state index contributed by atoms with van der Waals surface area (Å²) in [6.45, 7) is 8.05. The number of ether oxygens (including phenoxy) is 1. The van der Waals surface area contributed by atoms with Gasteiger partial charge in [0, 0.05) is 24.1 Å². The second-order valence-corrected chi connectivity index (χ2v) is 6.24. The Balaban J connectivity index is 1.45. The van der Waals surface area contributed by atoms with Crippen molar-refractivity contribution >= 4 is 11.8 Å². The molecule has 2 heterocycles. The summed E-state index contributed by atoms with van der Waals surface area (Å²) in [7, 11) is 0. The van der Waals surface area contributed by atoms with Gasteiger partial charge in [0.1, 0.15) is 12.2 Å². The van der Waals surface area contributed by atoms with Crippen LogP contribution >= 0.6 is 0 Å². The number of aromatic nitrogens is 3. The lowest BCUT2D eigenvalue weighted by molar-refractivity contribution is 0.129. The van der Waals surface area contributed by atoms with Gasteiger partial charge >= 0.3 is 6.09 Å². The van der Waals surface area contributed by atoms with E-state index >= 15 is 0 Å². The first-order chi connectivity index (χ1) is 12.1. The molecule has 0 N–H and O–H groups in total. The zero-order valence-corrected chi connectivity index (χ0v) is 13.3. The lowest BCUT2D eigenvalue weighted by Crippen LogP contribution is -2.26. The quantitative estimate of drug-likeness (QED) is 0.799. The first kappa shape index (κ1) is 15.2. The van der Waals surface area contributed by atoms with Gasteiger partial charge in [0.2, 0.25) is 0 Å². The van der Waals surface area contributed by atoms with Gasteiger partial charge in [-0.05, 0) is 24.3 Å². The summed E-state index contributed by atoms with van der Waals surface area (Å²) in [6, 6.07) is 9.45. The van der Waals surface area contributed by atoms with E-state index in [1.807, 2.05) is 30.3 Å². The standard InChI is InChI=1S/C17H14N6O2/c1-19-17(6-7-17)12-2-4-14(5-3-12)23-11-15(25-16(23)24)10-22-9-13(8-18)20-21-22/h2-5,9,15H,6-7,10-11H2. The van der Waals surface area contributed by atoms with Crippen molar-refractivity contribution in [2.45, 2.75) is 31.0 Å². The third-order valence-electron chi connectivity index (χ3n) is 4.57. The molecule has 1 unspecified atom stereocenters. The van der Waals surface area contributed by atoms with E-state index in [4.69, 9.17) is 16.6 Å². The van der Waals surface area contributed by atoms with Gasteiger partial charge in [0.25, 0.3) is 5.54 Å². The highest BCUT2D eigenvalue weighted by molar-refractivity contribution is 5.89. The number of carbonyl (C=O) groups is 1. The molecule has 2 aromatic rings. The van der Waals surface area contributed by atoms with Crippen LogP contribution in [0.4, 0.5) is 10.5 Å². The van der Waals surface area contributed by atoms with E-state index in [0.29, 0.717) is 13.1 Å². The van der Waals surface area contributed by atoms with Crippen LogP contribution in [0.1, 0.15) is 24.1 Å². The number of nitriles is 1. The Morgan fingerprint density at radius 2 is 2.16 bits per heavy atom. The molecule has 1 aromatic heterocycles.